The molecule has 1 amide bonds. The first kappa shape index (κ1) is 18.9. The maximum Gasteiger partial charge on any atom is 0.413 e. The number of hydrogen-bond acceptors (Lipinski definition) is 6. The van der Waals surface area contributed by atoms with Gasteiger partial charge in [0.25, 0.3) is 0 Å². The van der Waals surface area contributed by atoms with Crippen LogP contribution >= 0.6 is 11.3 Å². The second-order valence-corrected chi connectivity index (χ2v) is 7.66. The zero-order chi connectivity index (χ0) is 20.2. The number of benzene rings is 1. The number of ether oxygens (including phenoxy) is 2. The molecule has 3 heterocycles. The predicted molar refractivity (Wildman–Crippen MR) is 112 cm³/mol. The number of fused-ring (bicyclic) bond motifs is 1. The fourth-order valence-corrected chi connectivity index (χ4v) is 4.01. The number of carbonyl (C=O) groups is 1. The van der Waals surface area contributed by atoms with E-state index in [2.05, 4.69) is 10.3 Å². The highest BCUT2D eigenvalue weighted by Gasteiger charge is 2.24. The van der Waals surface area contributed by atoms with Crippen LogP contribution in [-0.4, -0.2) is 30.1 Å². The van der Waals surface area contributed by atoms with Gasteiger partial charge in [-0.2, -0.15) is 0 Å². The van der Waals surface area contributed by atoms with Crippen LogP contribution in [0, 0.1) is 5.41 Å². The van der Waals surface area contributed by atoms with Crippen molar-refractivity contribution in [3.8, 4) is 21.4 Å². The van der Waals surface area contributed by atoms with Crippen LogP contribution in [-0.2, 0) is 0 Å². The summed E-state index contributed by atoms with van der Waals surface area (Å²) in [6.07, 6.45) is 1.94. The van der Waals surface area contributed by atoms with Gasteiger partial charge in [-0.15, -0.1) is 0 Å². The number of amidine groups is 1. The molecular formula is C21H20N4O3S. The number of rotatable bonds is 6. The summed E-state index contributed by atoms with van der Waals surface area (Å²) in [5, 5.41) is 10.9. The first-order valence-electron chi connectivity index (χ1n) is 9.18. The molecule has 0 bridgehead atoms. The van der Waals surface area contributed by atoms with Gasteiger partial charge in [0.2, 0.25) is 0 Å². The molecule has 148 valence electrons. The third-order valence-corrected chi connectivity index (χ3v) is 5.64. The number of aromatic nitrogens is 1. The smallest absolute Gasteiger partial charge is 0.413 e. The van der Waals surface area contributed by atoms with E-state index in [1.54, 1.807) is 18.3 Å². The minimum atomic E-state index is -0.490. The monoisotopic (exact) mass is 408 g/mol. The van der Waals surface area contributed by atoms with Crippen LogP contribution in [0.2, 0.25) is 0 Å². The van der Waals surface area contributed by atoms with Crippen molar-refractivity contribution >= 4 is 23.3 Å². The fourth-order valence-electron chi connectivity index (χ4n) is 3.18. The standard InChI is InChI=1S/C21H20N4O3S/c22-20(23)13-4-5-17-15(11-13)14(12-27-17)8-10-25-21(26)28-19-7-6-18(29-19)16-3-1-2-9-24-16/h1-7,9,11,14H,8,10,12H2,(H3,22,23)(H,25,26). The van der Waals surface area contributed by atoms with E-state index in [1.807, 2.05) is 36.4 Å². The maximum absolute atomic E-state index is 12.1. The molecule has 0 saturated heterocycles. The van der Waals surface area contributed by atoms with Gasteiger partial charge in [-0.25, -0.2) is 4.79 Å². The molecule has 0 fully saturated rings. The molecule has 7 nitrogen and oxygen atoms in total. The summed E-state index contributed by atoms with van der Waals surface area (Å²) in [5.74, 6) is 0.978. The number of hydrogen-bond donors (Lipinski definition) is 3. The normalized spacial score (nSPS) is 14.7. The van der Waals surface area contributed by atoms with Crippen molar-refractivity contribution < 1.29 is 14.3 Å². The Balaban J connectivity index is 1.29. The van der Waals surface area contributed by atoms with Crippen LogP contribution < -0.4 is 20.5 Å². The SMILES string of the molecule is N=C(N)c1ccc2c(c1)C(CCNC(=O)Oc1ccc(-c3ccccn3)s1)CO2. The Labute approximate surface area is 172 Å². The van der Waals surface area contributed by atoms with Crippen LogP contribution in [0.4, 0.5) is 4.79 Å². The van der Waals surface area contributed by atoms with Gasteiger partial charge in [0.15, 0.2) is 5.06 Å². The van der Waals surface area contributed by atoms with Crippen molar-refractivity contribution in [3.63, 3.8) is 0 Å². The number of thiophene rings is 1. The minimum Gasteiger partial charge on any atom is -0.493 e. The molecule has 29 heavy (non-hydrogen) atoms. The first-order valence-corrected chi connectivity index (χ1v) is 10.00. The average molecular weight is 408 g/mol. The lowest BCUT2D eigenvalue weighted by atomic mass is 9.96. The van der Waals surface area contributed by atoms with Gasteiger partial charge in [-0.05, 0) is 48.9 Å². The number of carbonyl (C=O) groups excluding carboxylic acids is 1. The number of nitrogen functional groups attached to an aromatic ring is 1. The van der Waals surface area contributed by atoms with Gasteiger partial charge < -0.3 is 20.5 Å². The van der Waals surface area contributed by atoms with Crippen LogP contribution in [0.5, 0.6) is 10.8 Å². The number of pyridine rings is 1. The molecule has 3 aromatic rings. The van der Waals surface area contributed by atoms with E-state index >= 15 is 0 Å². The van der Waals surface area contributed by atoms with E-state index in [-0.39, 0.29) is 11.8 Å². The molecule has 8 heteroatoms. The first-order chi connectivity index (χ1) is 14.1. The molecule has 1 aliphatic heterocycles. The van der Waals surface area contributed by atoms with Crippen molar-refractivity contribution in [2.45, 2.75) is 12.3 Å². The summed E-state index contributed by atoms with van der Waals surface area (Å²) in [5.41, 5.74) is 8.11. The van der Waals surface area contributed by atoms with Crippen LogP contribution in [0.25, 0.3) is 10.6 Å². The molecule has 0 aliphatic carbocycles. The quantitative estimate of drug-likeness (QED) is 0.425. The summed E-state index contributed by atoms with van der Waals surface area (Å²) < 4.78 is 11.1. The van der Waals surface area contributed by atoms with E-state index in [0.29, 0.717) is 30.2 Å². The second-order valence-electron chi connectivity index (χ2n) is 6.61. The average Bonchev–Trinajstić information content (AvgIpc) is 3.35. The van der Waals surface area contributed by atoms with Gasteiger partial charge in [0.1, 0.15) is 11.6 Å². The Morgan fingerprint density at radius 1 is 1.31 bits per heavy atom. The molecule has 4 N–H and O–H groups in total. The number of nitrogens with one attached hydrogen (secondary N) is 2. The van der Waals surface area contributed by atoms with E-state index in [9.17, 15) is 4.79 Å². The summed E-state index contributed by atoms with van der Waals surface area (Å²) >= 11 is 1.37. The summed E-state index contributed by atoms with van der Waals surface area (Å²) in [6, 6.07) is 14.8. The Kier molecular flexibility index (Phi) is 5.44. The van der Waals surface area contributed by atoms with Crippen LogP contribution in [0.3, 0.4) is 0 Å². The number of nitrogens with two attached hydrogens (primary N) is 1. The lowest BCUT2D eigenvalue weighted by molar-refractivity contribution is 0.201. The van der Waals surface area contributed by atoms with Crippen molar-refractivity contribution in [1.82, 2.24) is 10.3 Å². The van der Waals surface area contributed by atoms with Gasteiger partial charge in [-0.1, -0.05) is 17.4 Å². The zero-order valence-electron chi connectivity index (χ0n) is 15.6. The van der Waals surface area contributed by atoms with Crippen molar-refractivity contribution in [2.75, 3.05) is 13.2 Å². The Morgan fingerprint density at radius 2 is 2.21 bits per heavy atom. The molecular weight excluding hydrogens is 388 g/mol. The molecule has 0 radical (unpaired) electrons. The summed E-state index contributed by atoms with van der Waals surface area (Å²) in [6.45, 7) is 1.00. The third-order valence-electron chi connectivity index (χ3n) is 4.65. The predicted octanol–water partition coefficient (Wildman–Crippen LogP) is 3.75. The fraction of sp³-hybridized carbons (Fsp3) is 0.190. The Hall–Kier alpha value is -3.39. The molecule has 4 rings (SSSR count). The highest BCUT2D eigenvalue weighted by molar-refractivity contribution is 7.17. The molecule has 2 aromatic heterocycles. The molecule has 0 saturated carbocycles. The number of amides is 1. The van der Waals surface area contributed by atoms with Crippen molar-refractivity contribution in [1.29, 1.82) is 5.41 Å². The Bertz CT molecular complexity index is 1040. The third kappa shape index (κ3) is 4.38. The highest BCUT2D eigenvalue weighted by atomic mass is 32.1. The largest absolute Gasteiger partial charge is 0.493 e. The van der Waals surface area contributed by atoms with Gasteiger partial charge in [0, 0.05) is 29.8 Å². The topological polar surface area (TPSA) is 110 Å². The highest BCUT2D eigenvalue weighted by Crippen LogP contribution is 2.36. The molecule has 1 atom stereocenters. The molecule has 0 spiro atoms. The van der Waals surface area contributed by atoms with E-state index in [0.717, 1.165) is 21.9 Å². The zero-order valence-corrected chi connectivity index (χ0v) is 16.4. The van der Waals surface area contributed by atoms with Gasteiger partial charge in [-0.3, -0.25) is 10.4 Å². The van der Waals surface area contributed by atoms with Crippen LogP contribution in [0.15, 0.2) is 54.7 Å². The van der Waals surface area contributed by atoms with Gasteiger partial charge >= 0.3 is 6.09 Å². The Morgan fingerprint density at radius 3 is 3.00 bits per heavy atom. The van der Waals surface area contributed by atoms with Crippen LogP contribution in [0.1, 0.15) is 23.5 Å². The van der Waals surface area contributed by atoms with Crippen molar-refractivity contribution in [3.05, 3.63) is 65.9 Å². The second kappa shape index (κ2) is 8.32. The lowest BCUT2D eigenvalue weighted by Crippen LogP contribution is -2.28. The maximum atomic E-state index is 12.1. The van der Waals surface area contributed by atoms with Crippen molar-refractivity contribution in [2.24, 2.45) is 5.73 Å². The van der Waals surface area contributed by atoms with Gasteiger partial charge in [0.05, 0.1) is 17.2 Å². The van der Waals surface area contributed by atoms with E-state index < -0.39 is 6.09 Å². The van der Waals surface area contributed by atoms with E-state index in [1.165, 1.54) is 11.3 Å². The molecule has 1 aliphatic rings. The molecule has 1 aromatic carbocycles. The minimum absolute atomic E-state index is 0.0289. The summed E-state index contributed by atoms with van der Waals surface area (Å²) in [4.78, 5) is 17.3. The lowest BCUT2D eigenvalue weighted by Gasteiger charge is -2.10. The van der Waals surface area contributed by atoms with E-state index in [4.69, 9.17) is 20.6 Å². The number of nitrogens with zero attached hydrogens (tertiary/aromatic N) is 1. The molecule has 1 unspecified atom stereocenters. The summed E-state index contributed by atoms with van der Waals surface area (Å²) in [7, 11) is 0.